The zero-order chi connectivity index (χ0) is 12.3. The van der Waals surface area contributed by atoms with Crippen molar-refractivity contribution in [3.63, 3.8) is 0 Å². The second kappa shape index (κ2) is 5.65. The topological polar surface area (TPSA) is 32.3 Å². The van der Waals surface area contributed by atoms with Crippen LogP contribution in [-0.2, 0) is 6.54 Å². The molecule has 0 amide bonds. The molecule has 94 valence electrons. The molecule has 0 bridgehead atoms. The van der Waals surface area contributed by atoms with Gasteiger partial charge in [-0.1, -0.05) is 36.6 Å². The van der Waals surface area contributed by atoms with Crippen molar-refractivity contribution in [2.45, 2.75) is 58.2 Å². The fourth-order valence-corrected chi connectivity index (χ4v) is 2.58. The van der Waals surface area contributed by atoms with E-state index in [4.69, 9.17) is 0 Å². The fourth-order valence-electron chi connectivity index (χ4n) is 2.58. The molecule has 2 nitrogen and oxygen atoms in total. The third-order valence-corrected chi connectivity index (χ3v) is 3.79. The van der Waals surface area contributed by atoms with E-state index >= 15 is 0 Å². The standard InChI is InChI=1S/C15H23NO/c1-11-7-8-12(2)13(9-11)10-16-14-5-3-4-6-15(14)17/h7-9,14-17H,3-6,10H2,1-2H3. The van der Waals surface area contributed by atoms with Gasteiger partial charge in [-0.3, -0.25) is 0 Å². The van der Waals surface area contributed by atoms with Crippen LogP contribution >= 0.6 is 0 Å². The van der Waals surface area contributed by atoms with Crippen molar-refractivity contribution in [2.75, 3.05) is 0 Å². The van der Waals surface area contributed by atoms with E-state index in [1.807, 2.05) is 0 Å². The van der Waals surface area contributed by atoms with Crippen LogP contribution in [-0.4, -0.2) is 17.3 Å². The van der Waals surface area contributed by atoms with Crippen LogP contribution in [0.4, 0.5) is 0 Å². The van der Waals surface area contributed by atoms with E-state index < -0.39 is 0 Å². The van der Waals surface area contributed by atoms with Gasteiger partial charge < -0.3 is 10.4 Å². The molecule has 1 aliphatic rings. The second-order valence-electron chi connectivity index (χ2n) is 5.27. The second-order valence-corrected chi connectivity index (χ2v) is 5.27. The highest BCUT2D eigenvalue weighted by Crippen LogP contribution is 2.19. The van der Waals surface area contributed by atoms with Crippen LogP contribution in [0.1, 0.15) is 42.4 Å². The Morgan fingerprint density at radius 3 is 2.76 bits per heavy atom. The van der Waals surface area contributed by atoms with E-state index in [9.17, 15) is 5.11 Å². The zero-order valence-electron chi connectivity index (χ0n) is 10.9. The van der Waals surface area contributed by atoms with Crippen LogP contribution in [0.3, 0.4) is 0 Å². The van der Waals surface area contributed by atoms with Gasteiger partial charge in [0.25, 0.3) is 0 Å². The van der Waals surface area contributed by atoms with Gasteiger partial charge in [0.2, 0.25) is 0 Å². The summed E-state index contributed by atoms with van der Waals surface area (Å²) >= 11 is 0. The first-order valence-electron chi connectivity index (χ1n) is 6.64. The lowest BCUT2D eigenvalue weighted by atomic mass is 9.92. The molecule has 1 aromatic rings. The Hall–Kier alpha value is -0.860. The molecule has 2 unspecified atom stereocenters. The molecule has 17 heavy (non-hydrogen) atoms. The van der Waals surface area contributed by atoms with Crippen LogP contribution in [0.25, 0.3) is 0 Å². The molecule has 2 rings (SSSR count). The van der Waals surface area contributed by atoms with E-state index in [1.165, 1.54) is 29.5 Å². The Kier molecular flexibility index (Phi) is 4.19. The molecule has 2 heteroatoms. The maximum Gasteiger partial charge on any atom is 0.0693 e. The molecular formula is C15H23NO. The van der Waals surface area contributed by atoms with Crippen LogP contribution < -0.4 is 5.32 Å². The monoisotopic (exact) mass is 233 g/mol. The molecule has 0 aromatic heterocycles. The molecule has 1 saturated carbocycles. The molecule has 1 aliphatic carbocycles. The number of benzene rings is 1. The molecular weight excluding hydrogens is 210 g/mol. The Bertz CT molecular complexity index is 375. The third kappa shape index (κ3) is 3.30. The molecule has 0 heterocycles. The minimum atomic E-state index is -0.158. The number of hydrogen-bond donors (Lipinski definition) is 2. The highest BCUT2D eigenvalue weighted by Gasteiger charge is 2.22. The minimum absolute atomic E-state index is 0.158. The highest BCUT2D eigenvalue weighted by atomic mass is 16.3. The average Bonchev–Trinajstić information content (AvgIpc) is 2.32. The van der Waals surface area contributed by atoms with Crippen molar-refractivity contribution in [3.8, 4) is 0 Å². The summed E-state index contributed by atoms with van der Waals surface area (Å²) in [6, 6.07) is 6.83. The summed E-state index contributed by atoms with van der Waals surface area (Å²) < 4.78 is 0. The highest BCUT2D eigenvalue weighted by molar-refractivity contribution is 5.30. The quantitative estimate of drug-likeness (QED) is 0.841. The molecule has 0 saturated heterocycles. The average molecular weight is 233 g/mol. The Morgan fingerprint density at radius 2 is 2.00 bits per heavy atom. The maximum atomic E-state index is 9.91. The molecule has 1 aromatic carbocycles. The first kappa shape index (κ1) is 12.6. The van der Waals surface area contributed by atoms with Gasteiger partial charge in [-0.05, 0) is 37.8 Å². The number of aryl methyl sites for hydroxylation is 2. The summed E-state index contributed by atoms with van der Waals surface area (Å²) in [5.41, 5.74) is 3.98. The summed E-state index contributed by atoms with van der Waals surface area (Å²) in [6.45, 7) is 5.14. The summed E-state index contributed by atoms with van der Waals surface area (Å²) in [4.78, 5) is 0. The molecule has 0 radical (unpaired) electrons. The molecule has 2 atom stereocenters. The SMILES string of the molecule is Cc1ccc(C)c(CNC2CCCCC2O)c1. The van der Waals surface area contributed by atoms with Crippen molar-refractivity contribution >= 4 is 0 Å². The van der Waals surface area contributed by atoms with Crippen LogP contribution in [0.5, 0.6) is 0 Å². The van der Waals surface area contributed by atoms with E-state index in [1.54, 1.807) is 0 Å². The van der Waals surface area contributed by atoms with E-state index in [0.717, 1.165) is 19.4 Å². The lowest BCUT2D eigenvalue weighted by Crippen LogP contribution is -2.41. The molecule has 0 aliphatic heterocycles. The number of aliphatic hydroxyl groups is 1. The summed E-state index contributed by atoms with van der Waals surface area (Å²) in [5.74, 6) is 0. The van der Waals surface area contributed by atoms with Crippen LogP contribution in [0, 0.1) is 13.8 Å². The number of hydrogen-bond acceptors (Lipinski definition) is 2. The van der Waals surface area contributed by atoms with Crippen LogP contribution in [0.2, 0.25) is 0 Å². The maximum absolute atomic E-state index is 9.91. The van der Waals surface area contributed by atoms with Gasteiger partial charge in [0.1, 0.15) is 0 Å². The fraction of sp³-hybridized carbons (Fsp3) is 0.600. The first-order chi connectivity index (χ1) is 8.16. The van der Waals surface area contributed by atoms with Crippen molar-refractivity contribution < 1.29 is 5.11 Å². The van der Waals surface area contributed by atoms with Crippen molar-refractivity contribution in [3.05, 3.63) is 34.9 Å². The Morgan fingerprint density at radius 1 is 1.24 bits per heavy atom. The largest absolute Gasteiger partial charge is 0.392 e. The molecule has 0 spiro atoms. The van der Waals surface area contributed by atoms with Gasteiger partial charge in [-0.15, -0.1) is 0 Å². The zero-order valence-corrected chi connectivity index (χ0v) is 10.9. The lowest BCUT2D eigenvalue weighted by molar-refractivity contribution is 0.0902. The number of rotatable bonds is 3. The van der Waals surface area contributed by atoms with Gasteiger partial charge in [-0.25, -0.2) is 0 Å². The number of nitrogens with one attached hydrogen (secondary N) is 1. The Balaban J connectivity index is 1.94. The first-order valence-corrected chi connectivity index (χ1v) is 6.64. The van der Waals surface area contributed by atoms with Gasteiger partial charge in [0, 0.05) is 12.6 Å². The van der Waals surface area contributed by atoms with Gasteiger partial charge in [0.05, 0.1) is 6.10 Å². The summed E-state index contributed by atoms with van der Waals surface area (Å²) in [5, 5.41) is 13.4. The predicted octanol–water partition coefficient (Wildman–Crippen LogP) is 2.70. The third-order valence-electron chi connectivity index (χ3n) is 3.79. The predicted molar refractivity (Wildman–Crippen MR) is 71.0 cm³/mol. The van der Waals surface area contributed by atoms with E-state index in [2.05, 4.69) is 37.4 Å². The van der Waals surface area contributed by atoms with Crippen molar-refractivity contribution in [2.24, 2.45) is 0 Å². The van der Waals surface area contributed by atoms with E-state index in [-0.39, 0.29) is 12.1 Å². The molecule has 1 fully saturated rings. The van der Waals surface area contributed by atoms with Gasteiger partial charge in [-0.2, -0.15) is 0 Å². The summed E-state index contributed by atoms with van der Waals surface area (Å²) in [6.07, 6.45) is 4.30. The van der Waals surface area contributed by atoms with Gasteiger partial charge >= 0.3 is 0 Å². The van der Waals surface area contributed by atoms with E-state index in [0.29, 0.717) is 0 Å². The van der Waals surface area contributed by atoms with Crippen LogP contribution in [0.15, 0.2) is 18.2 Å². The van der Waals surface area contributed by atoms with Crippen molar-refractivity contribution in [1.82, 2.24) is 5.32 Å². The normalized spacial score (nSPS) is 24.9. The minimum Gasteiger partial charge on any atom is -0.392 e. The Labute approximate surface area is 104 Å². The van der Waals surface area contributed by atoms with Crippen molar-refractivity contribution in [1.29, 1.82) is 0 Å². The molecule has 2 N–H and O–H groups in total. The smallest absolute Gasteiger partial charge is 0.0693 e. The van der Waals surface area contributed by atoms with Gasteiger partial charge in [0.15, 0.2) is 0 Å². The lowest BCUT2D eigenvalue weighted by Gasteiger charge is -2.28. The number of aliphatic hydroxyl groups excluding tert-OH is 1. The summed E-state index contributed by atoms with van der Waals surface area (Å²) in [7, 11) is 0.